The zero-order chi connectivity index (χ0) is 12.7. The summed E-state index contributed by atoms with van der Waals surface area (Å²) in [7, 11) is 0. The third-order valence-electron chi connectivity index (χ3n) is 2.32. The highest BCUT2D eigenvalue weighted by Crippen LogP contribution is 1.96. The maximum atomic E-state index is 11.6. The van der Waals surface area contributed by atoms with Gasteiger partial charge in [-0.15, -0.1) is 0 Å². The Labute approximate surface area is 100 Å². The van der Waals surface area contributed by atoms with Crippen LogP contribution in [0.15, 0.2) is 24.5 Å². The molecule has 0 unspecified atom stereocenters. The van der Waals surface area contributed by atoms with Crippen molar-refractivity contribution in [2.24, 2.45) is 5.73 Å². The second-order valence-corrected chi connectivity index (χ2v) is 3.86. The maximum absolute atomic E-state index is 11.6. The summed E-state index contributed by atoms with van der Waals surface area (Å²) >= 11 is 0. The number of rotatable bonds is 6. The molecule has 1 rings (SSSR count). The molecule has 0 aliphatic rings. The minimum atomic E-state index is -0.427. The Morgan fingerprint density at radius 1 is 1.53 bits per heavy atom. The average molecular weight is 235 g/mol. The van der Waals surface area contributed by atoms with Gasteiger partial charge in [0, 0.05) is 25.4 Å². The molecule has 1 aromatic rings. The van der Waals surface area contributed by atoms with Gasteiger partial charge in [-0.1, -0.05) is 0 Å². The van der Waals surface area contributed by atoms with Gasteiger partial charge in [0.15, 0.2) is 0 Å². The summed E-state index contributed by atoms with van der Waals surface area (Å²) in [5.74, 6) is -0.160. The first-order valence-electron chi connectivity index (χ1n) is 5.58. The highest BCUT2D eigenvalue weighted by molar-refractivity contribution is 5.93. The smallest absolute Gasteiger partial charge is 0.252 e. The summed E-state index contributed by atoms with van der Waals surface area (Å²) in [4.78, 5) is 26.6. The second kappa shape index (κ2) is 6.75. The van der Waals surface area contributed by atoms with Gasteiger partial charge in [-0.25, -0.2) is 0 Å². The van der Waals surface area contributed by atoms with Gasteiger partial charge >= 0.3 is 0 Å². The van der Waals surface area contributed by atoms with Crippen LogP contribution >= 0.6 is 0 Å². The number of Topliss-reactive ketones (excluding diaryl/α,β-unsaturated/α-hetero) is 1. The molecule has 0 saturated heterocycles. The van der Waals surface area contributed by atoms with Gasteiger partial charge in [0.1, 0.15) is 5.78 Å². The van der Waals surface area contributed by atoms with Gasteiger partial charge in [-0.3, -0.25) is 14.6 Å². The van der Waals surface area contributed by atoms with E-state index >= 15 is 0 Å². The molecule has 0 aliphatic carbocycles. The Kier molecular flexibility index (Phi) is 5.29. The standard InChI is InChI=1S/C12H17N3O2/c1-9(13)11(16)5-3-7-15-12(17)10-4-2-6-14-8-10/h2,4,6,8-9H,3,5,7,13H2,1H3,(H,15,17)/t9-/m0/s1. The van der Waals surface area contributed by atoms with Crippen molar-refractivity contribution in [1.29, 1.82) is 0 Å². The van der Waals surface area contributed by atoms with E-state index in [9.17, 15) is 9.59 Å². The molecule has 0 spiro atoms. The van der Waals surface area contributed by atoms with Crippen LogP contribution in [0.3, 0.4) is 0 Å². The summed E-state index contributed by atoms with van der Waals surface area (Å²) in [5.41, 5.74) is 5.94. The fraction of sp³-hybridized carbons (Fsp3) is 0.417. The van der Waals surface area contributed by atoms with Crippen LogP contribution in [-0.4, -0.2) is 29.3 Å². The van der Waals surface area contributed by atoms with Crippen molar-refractivity contribution in [2.75, 3.05) is 6.54 Å². The van der Waals surface area contributed by atoms with E-state index in [0.29, 0.717) is 24.9 Å². The van der Waals surface area contributed by atoms with Gasteiger partial charge in [0.25, 0.3) is 5.91 Å². The summed E-state index contributed by atoms with van der Waals surface area (Å²) in [6.45, 7) is 2.13. The quantitative estimate of drug-likeness (QED) is 0.703. The SMILES string of the molecule is C[C@H](N)C(=O)CCCNC(=O)c1cccnc1. The predicted molar refractivity (Wildman–Crippen MR) is 64.5 cm³/mol. The Morgan fingerprint density at radius 3 is 2.88 bits per heavy atom. The summed E-state index contributed by atoms with van der Waals surface area (Å²) in [5, 5.41) is 2.72. The van der Waals surface area contributed by atoms with Gasteiger partial charge in [-0.05, 0) is 25.5 Å². The van der Waals surface area contributed by atoms with E-state index in [2.05, 4.69) is 10.3 Å². The van der Waals surface area contributed by atoms with Crippen LogP contribution in [0.2, 0.25) is 0 Å². The summed E-state index contributed by atoms with van der Waals surface area (Å²) in [6, 6.07) is 2.97. The number of amides is 1. The first kappa shape index (κ1) is 13.3. The lowest BCUT2D eigenvalue weighted by molar-refractivity contribution is -0.120. The molecule has 5 heteroatoms. The zero-order valence-corrected chi connectivity index (χ0v) is 9.85. The number of hydrogen-bond donors (Lipinski definition) is 2. The molecule has 1 amide bonds. The van der Waals surface area contributed by atoms with Gasteiger partial charge in [0.2, 0.25) is 0 Å². The van der Waals surface area contributed by atoms with Gasteiger partial charge in [0.05, 0.1) is 11.6 Å². The molecular formula is C12H17N3O2. The molecule has 5 nitrogen and oxygen atoms in total. The number of nitrogens with two attached hydrogens (primary N) is 1. The molecule has 0 saturated carbocycles. The molecule has 0 aliphatic heterocycles. The van der Waals surface area contributed by atoms with Crippen LogP contribution in [0.1, 0.15) is 30.1 Å². The summed E-state index contributed by atoms with van der Waals surface area (Å²) in [6.07, 6.45) is 4.11. The number of hydrogen-bond acceptors (Lipinski definition) is 4. The first-order chi connectivity index (χ1) is 8.11. The van der Waals surface area contributed by atoms with E-state index in [1.807, 2.05) is 0 Å². The van der Waals surface area contributed by atoms with E-state index in [4.69, 9.17) is 5.73 Å². The van der Waals surface area contributed by atoms with Crippen molar-refractivity contribution in [3.05, 3.63) is 30.1 Å². The lowest BCUT2D eigenvalue weighted by Crippen LogP contribution is -2.29. The van der Waals surface area contributed by atoms with Crippen LogP contribution in [0.25, 0.3) is 0 Å². The number of nitrogens with zero attached hydrogens (tertiary/aromatic N) is 1. The highest BCUT2D eigenvalue weighted by Gasteiger charge is 2.08. The van der Waals surface area contributed by atoms with E-state index in [1.54, 1.807) is 25.3 Å². The van der Waals surface area contributed by atoms with Crippen LogP contribution in [-0.2, 0) is 4.79 Å². The van der Waals surface area contributed by atoms with Crippen molar-refractivity contribution >= 4 is 11.7 Å². The monoisotopic (exact) mass is 235 g/mol. The minimum Gasteiger partial charge on any atom is -0.352 e. The largest absolute Gasteiger partial charge is 0.352 e. The van der Waals surface area contributed by atoms with Crippen LogP contribution in [0, 0.1) is 0 Å². The molecule has 17 heavy (non-hydrogen) atoms. The van der Waals surface area contributed by atoms with Crippen molar-refractivity contribution in [2.45, 2.75) is 25.8 Å². The van der Waals surface area contributed by atoms with E-state index in [1.165, 1.54) is 6.20 Å². The van der Waals surface area contributed by atoms with Crippen LogP contribution in [0.4, 0.5) is 0 Å². The Morgan fingerprint density at radius 2 is 2.29 bits per heavy atom. The molecule has 92 valence electrons. The number of carbonyl (C=O) groups excluding carboxylic acids is 2. The van der Waals surface area contributed by atoms with Crippen molar-refractivity contribution in [3.63, 3.8) is 0 Å². The highest BCUT2D eigenvalue weighted by atomic mass is 16.1. The Bertz CT molecular complexity index is 377. The van der Waals surface area contributed by atoms with Crippen molar-refractivity contribution < 1.29 is 9.59 Å². The number of carbonyl (C=O) groups is 2. The molecule has 3 N–H and O–H groups in total. The lowest BCUT2D eigenvalue weighted by Gasteiger charge is -2.06. The number of aromatic nitrogens is 1. The Hall–Kier alpha value is -1.75. The van der Waals surface area contributed by atoms with E-state index < -0.39 is 6.04 Å². The summed E-state index contributed by atoms with van der Waals surface area (Å²) < 4.78 is 0. The maximum Gasteiger partial charge on any atom is 0.252 e. The molecule has 0 radical (unpaired) electrons. The topological polar surface area (TPSA) is 85.1 Å². The molecular weight excluding hydrogens is 218 g/mol. The molecule has 1 aromatic heterocycles. The van der Waals surface area contributed by atoms with Gasteiger partial charge < -0.3 is 11.1 Å². The first-order valence-corrected chi connectivity index (χ1v) is 5.58. The zero-order valence-electron chi connectivity index (χ0n) is 9.85. The van der Waals surface area contributed by atoms with Gasteiger partial charge in [-0.2, -0.15) is 0 Å². The third kappa shape index (κ3) is 4.74. The molecule has 0 bridgehead atoms. The molecule has 1 atom stereocenters. The lowest BCUT2D eigenvalue weighted by atomic mass is 10.1. The fourth-order valence-corrected chi connectivity index (χ4v) is 1.29. The van der Waals surface area contributed by atoms with Crippen LogP contribution in [0.5, 0.6) is 0 Å². The van der Waals surface area contributed by atoms with E-state index in [0.717, 1.165) is 0 Å². The molecule has 1 heterocycles. The van der Waals surface area contributed by atoms with Crippen molar-refractivity contribution in [3.8, 4) is 0 Å². The normalized spacial score (nSPS) is 11.9. The van der Waals surface area contributed by atoms with E-state index in [-0.39, 0.29) is 11.7 Å². The number of nitrogens with one attached hydrogen (secondary N) is 1. The van der Waals surface area contributed by atoms with Crippen LogP contribution < -0.4 is 11.1 Å². The minimum absolute atomic E-state index is 0.0145. The number of ketones is 1. The second-order valence-electron chi connectivity index (χ2n) is 3.86. The third-order valence-corrected chi connectivity index (χ3v) is 2.32. The average Bonchev–Trinajstić information content (AvgIpc) is 2.35. The fourth-order valence-electron chi connectivity index (χ4n) is 1.29. The number of pyridine rings is 1. The predicted octanol–water partition coefficient (Wildman–Crippen LogP) is 0.508. The Balaban J connectivity index is 2.24. The molecule has 0 fully saturated rings. The van der Waals surface area contributed by atoms with Crippen molar-refractivity contribution in [1.82, 2.24) is 10.3 Å². The molecule has 0 aromatic carbocycles.